The number of anilines is 2. The molecule has 0 unspecified atom stereocenters. The predicted octanol–water partition coefficient (Wildman–Crippen LogP) is 2.86. The molecule has 14 heavy (non-hydrogen) atoms. The van der Waals surface area contributed by atoms with Gasteiger partial charge in [-0.3, -0.25) is 0 Å². The van der Waals surface area contributed by atoms with Crippen molar-refractivity contribution < 1.29 is 0 Å². The minimum Gasteiger partial charge on any atom is -0.355 e. The van der Waals surface area contributed by atoms with Crippen molar-refractivity contribution in [3.8, 4) is 0 Å². The van der Waals surface area contributed by atoms with Crippen LogP contribution in [0.5, 0.6) is 0 Å². The van der Waals surface area contributed by atoms with Gasteiger partial charge in [-0.05, 0) is 19.1 Å². The molecule has 1 aromatic carbocycles. The van der Waals surface area contributed by atoms with Crippen LogP contribution in [0.2, 0.25) is 0 Å². The Morgan fingerprint density at radius 2 is 1.86 bits per heavy atom. The number of fused-ring (bicyclic) bond motifs is 1. The lowest BCUT2D eigenvalue weighted by atomic mass is 10.2. The minimum atomic E-state index is 0. The van der Waals surface area contributed by atoms with E-state index in [1.807, 2.05) is 6.92 Å². The Morgan fingerprint density at radius 1 is 1.21 bits per heavy atom. The van der Waals surface area contributed by atoms with Crippen LogP contribution in [0.4, 0.5) is 11.4 Å². The van der Waals surface area contributed by atoms with Gasteiger partial charge in [-0.1, -0.05) is 18.2 Å². The highest BCUT2D eigenvalue weighted by Crippen LogP contribution is 2.34. The Morgan fingerprint density at radius 3 is 2.50 bits per heavy atom. The minimum absolute atomic E-state index is 0. The predicted molar refractivity (Wildman–Crippen MR) is 64.3 cm³/mol. The van der Waals surface area contributed by atoms with E-state index in [9.17, 15) is 0 Å². The summed E-state index contributed by atoms with van der Waals surface area (Å²) >= 11 is 0. The van der Waals surface area contributed by atoms with E-state index < -0.39 is 0 Å². The fraction of sp³-hybridized carbons (Fsp3) is 0.273. The lowest BCUT2D eigenvalue weighted by molar-refractivity contribution is 0.944. The standard InChI is InChI=1S/C11H14N2.ClH/c1-3-8-13-9-12(2)10-6-4-5-7-11(10)13;/h3-8H,9H2,1-2H3;1H. The van der Waals surface area contributed by atoms with Crippen LogP contribution in [0.1, 0.15) is 6.92 Å². The average Bonchev–Trinajstić information content (AvgIpc) is 2.46. The highest BCUT2D eigenvalue weighted by molar-refractivity contribution is 5.85. The highest BCUT2D eigenvalue weighted by atomic mass is 35.5. The molecule has 0 saturated carbocycles. The van der Waals surface area contributed by atoms with Crippen LogP contribution < -0.4 is 9.80 Å². The summed E-state index contributed by atoms with van der Waals surface area (Å²) in [6.45, 7) is 2.99. The first kappa shape index (κ1) is 10.9. The molecule has 2 rings (SSSR count). The maximum Gasteiger partial charge on any atom is 0.0944 e. The molecule has 3 heteroatoms. The van der Waals surface area contributed by atoms with Crippen LogP contribution in [0, 0.1) is 0 Å². The summed E-state index contributed by atoms with van der Waals surface area (Å²) in [5, 5.41) is 0. The smallest absolute Gasteiger partial charge is 0.0944 e. The number of hydrogen-bond donors (Lipinski definition) is 0. The molecule has 0 fully saturated rings. The number of nitrogens with zero attached hydrogens (tertiary/aromatic N) is 2. The van der Waals surface area contributed by atoms with Gasteiger partial charge in [-0.15, -0.1) is 12.4 Å². The number of para-hydroxylation sites is 2. The van der Waals surface area contributed by atoms with Crippen molar-refractivity contribution in [2.75, 3.05) is 23.5 Å². The van der Waals surface area contributed by atoms with Crippen molar-refractivity contribution in [2.45, 2.75) is 6.92 Å². The molecule has 0 N–H and O–H groups in total. The molecule has 0 amide bonds. The first-order chi connectivity index (χ1) is 6.33. The SMILES string of the molecule is CC=CN1CN(C)c2ccccc21.Cl. The second-order valence-electron chi connectivity index (χ2n) is 3.28. The van der Waals surface area contributed by atoms with Gasteiger partial charge in [0, 0.05) is 13.2 Å². The molecule has 0 bridgehead atoms. The van der Waals surface area contributed by atoms with E-state index in [-0.39, 0.29) is 12.4 Å². The lowest BCUT2D eigenvalue weighted by Gasteiger charge is -2.13. The normalized spacial score (nSPS) is 14.4. The van der Waals surface area contributed by atoms with E-state index in [0.29, 0.717) is 0 Å². The van der Waals surface area contributed by atoms with Crippen molar-refractivity contribution in [1.82, 2.24) is 0 Å². The van der Waals surface area contributed by atoms with E-state index in [0.717, 1.165) is 6.67 Å². The Bertz CT molecular complexity index is 336. The zero-order valence-electron chi connectivity index (χ0n) is 8.47. The van der Waals surface area contributed by atoms with Crippen LogP contribution in [0.25, 0.3) is 0 Å². The molecule has 1 aromatic rings. The maximum absolute atomic E-state index is 2.25. The van der Waals surface area contributed by atoms with E-state index in [2.05, 4.69) is 53.4 Å². The Balaban J connectivity index is 0.000000980. The Kier molecular flexibility index (Phi) is 3.42. The molecule has 76 valence electrons. The van der Waals surface area contributed by atoms with Gasteiger partial charge in [0.25, 0.3) is 0 Å². The fourth-order valence-electron chi connectivity index (χ4n) is 1.72. The second-order valence-corrected chi connectivity index (χ2v) is 3.28. The Hall–Kier alpha value is -1.15. The number of rotatable bonds is 1. The molecule has 0 aliphatic carbocycles. The summed E-state index contributed by atoms with van der Waals surface area (Å²) < 4.78 is 0. The van der Waals surface area contributed by atoms with Crippen LogP contribution in [0.3, 0.4) is 0 Å². The van der Waals surface area contributed by atoms with Crippen molar-refractivity contribution in [3.63, 3.8) is 0 Å². The van der Waals surface area contributed by atoms with Gasteiger partial charge in [0.2, 0.25) is 0 Å². The van der Waals surface area contributed by atoms with Crippen LogP contribution in [-0.4, -0.2) is 13.7 Å². The lowest BCUT2D eigenvalue weighted by Crippen LogP contribution is -2.23. The molecule has 2 nitrogen and oxygen atoms in total. The third-order valence-electron chi connectivity index (χ3n) is 2.30. The van der Waals surface area contributed by atoms with Gasteiger partial charge in [0.1, 0.15) is 0 Å². The van der Waals surface area contributed by atoms with Gasteiger partial charge < -0.3 is 9.80 Å². The first-order valence-electron chi connectivity index (χ1n) is 4.52. The summed E-state index contributed by atoms with van der Waals surface area (Å²) in [6.07, 6.45) is 4.18. The molecule has 1 aliphatic rings. The third-order valence-corrected chi connectivity index (χ3v) is 2.30. The van der Waals surface area contributed by atoms with Crippen molar-refractivity contribution in [2.24, 2.45) is 0 Å². The molecule has 0 aromatic heterocycles. The van der Waals surface area contributed by atoms with E-state index in [1.54, 1.807) is 0 Å². The van der Waals surface area contributed by atoms with E-state index in [1.165, 1.54) is 11.4 Å². The molecule has 0 spiro atoms. The zero-order valence-corrected chi connectivity index (χ0v) is 9.29. The van der Waals surface area contributed by atoms with E-state index in [4.69, 9.17) is 0 Å². The first-order valence-corrected chi connectivity index (χ1v) is 4.52. The molecule has 0 radical (unpaired) electrons. The molecule has 1 heterocycles. The fourth-order valence-corrected chi connectivity index (χ4v) is 1.72. The highest BCUT2D eigenvalue weighted by Gasteiger charge is 2.19. The number of hydrogen-bond acceptors (Lipinski definition) is 2. The second kappa shape index (κ2) is 4.38. The summed E-state index contributed by atoms with van der Waals surface area (Å²) in [6, 6.07) is 8.46. The van der Waals surface area contributed by atoms with Crippen LogP contribution >= 0.6 is 12.4 Å². The summed E-state index contributed by atoms with van der Waals surface area (Å²) in [5.74, 6) is 0. The average molecular weight is 211 g/mol. The van der Waals surface area contributed by atoms with Crippen molar-refractivity contribution in [3.05, 3.63) is 36.5 Å². The largest absolute Gasteiger partial charge is 0.355 e. The van der Waals surface area contributed by atoms with Crippen LogP contribution in [0.15, 0.2) is 36.5 Å². The maximum atomic E-state index is 2.25. The van der Waals surface area contributed by atoms with Gasteiger partial charge in [-0.25, -0.2) is 0 Å². The molecular weight excluding hydrogens is 196 g/mol. The quantitative estimate of drug-likeness (QED) is 0.704. The van der Waals surface area contributed by atoms with E-state index >= 15 is 0 Å². The summed E-state index contributed by atoms with van der Waals surface area (Å²) in [7, 11) is 2.11. The van der Waals surface area contributed by atoms with Gasteiger partial charge in [-0.2, -0.15) is 0 Å². The number of allylic oxidation sites excluding steroid dienone is 1. The molecular formula is C11H15ClN2. The molecule has 0 saturated heterocycles. The molecule has 0 atom stereocenters. The monoisotopic (exact) mass is 210 g/mol. The summed E-state index contributed by atoms with van der Waals surface area (Å²) in [5.41, 5.74) is 2.60. The number of benzene rings is 1. The zero-order chi connectivity index (χ0) is 9.26. The third kappa shape index (κ3) is 1.70. The van der Waals surface area contributed by atoms with Gasteiger partial charge in [0.15, 0.2) is 0 Å². The van der Waals surface area contributed by atoms with Gasteiger partial charge in [0.05, 0.1) is 18.0 Å². The van der Waals surface area contributed by atoms with Gasteiger partial charge >= 0.3 is 0 Å². The summed E-state index contributed by atoms with van der Waals surface area (Å²) in [4.78, 5) is 4.49. The van der Waals surface area contributed by atoms with Crippen molar-refractivity contribution in [1.29, 1.82) is 0 Å². The van der Waals surface area contributed by atoms with Crippen LogP contribution in [-0.2, 0) is 0 Å². The Labute approximate surface area is 91.2 Å². The van der Waals surface area contributed by atoms with Crippen molar-refractivity contribution >= 4 is 23.8 Å². The molecule has 1 aliphatic heterocycles. The number of halogens is 1. The topological polar surface area (TPSA) is 6.48 Å².